The van der Waals surface area contributed by atoms with Gasteiger partial charge in [0.2, 0.25) is 0 Å². The molecule has 0 aliphatic carbocycles. The van der Waals surface area contributed by atoms with Gasteiger partial charge in [-0.3, -0.25) is 4.98 Å². The number of pyridine rings is 1. The van der Waals surface area contributed by atoms with Crippen molar-refractivity contribution in [3.8, 4) is 0 Å². The van der Waals surface area contributed by atoms with E-state index in [-0.39, 0.29) is 0 Å². The van der Waals surface area contributed by atoms with Crippen LogP contribution in [-0.4, -0.2) is 9.55 Å². The Morgan fingerprint density at radius 1 is 1.00 bits per heavy atom. The average Bonchev–Trinajstić information content (AvgIpc) is 2.89. The van der Waals surface area contributed by atoms with E-state index in [1.807, 2.05) is 24.2 Å². The van der Waals surface area contributed by atoms with Crippen LogP contribution >= 0.6 is 11.8 Å². The minimum absolute atomic E-state index is 0.505. The molecule has 0 aliphatic rings. The number of nitrogens with zero attached hydrogens (tertiary/aromatic N) is 2. The summed E-state index contributed by atoms with van der Waals surface area (Å²) in [6.45, 7) is 12.0. The highest BCUT2D eigenvalue weighted by atomic mass is 32.2. The third-order valence-electron chi connectivity index (χ3n) is 4.54. The fraction of sp³-hybridized carbons (Fsp3) is 0.318. The van der Waals surface area contributed by atoms with Crippen LogP contribution in [0, 0.1) is 20.8 Å². The Morgan fingerprint density at radius 3 is 2.40 bits per heavy atom. The molecule has 0 unspecified atom stereocenters. The van der Waals surface area contributed by atoms with Gasteiger partial charge in [-0.1, -0.05) is 37.7 Å². The molecule has 0 fully saturated rings. The molecule has 130 valence electrons. The van der Waals surface area contributed by atoms with E-state index < -0.39 is 0 Å². The Kier molecular flexibility index (Phi) is 5.33. The summed E-state index contributed by atoms with van der Waals surface area (Å²) in [5.74, 6) is 0.505. The zero-order valence-corrected chi connectivity index (χ0v) is 16.5. The van der Waals surface area contributed by atoms with Crippen molar-refractivity contribution in [2.45, 2.75) is 57.0 Å². The molecule has 3 heteroatoms. The molecule has 0 bridgehead atoms. The van der Waals surface area contributed by atoms with Gasteiger partial charge >= 0.3 is 0 Å². The van der Waals surface area contributed by atoms with Gasteiger partial charge in [-0.25, -0.2) is 0 Å². The zero-order valence-electron chi connectivity index (χ0n) is 15.7. The average molecular weight is 351 g/mol. The van der Waals surface area contributed by atoms with Crippen LogP contribution in [0.15, 0.2) is 58.7 Å². The maximum Gasteiger partial charge on any atom is 0.0837 e. The van der Waals surface area contributed by atoms with Crippen LogP contribution in [0.25, 0.3) is 0 Å². The van der Waals surface area contributed by atoms with Gasteiger partial charge in [0.25, 0.3) is 0 Å². The highest BCUT2D eigenvalue weighted by molar-refractivity contribution is 7.99. The number of aromatic nitrogens is 2. The quantitative estimate of drug-likeness (QED) is 0.551. The van der Waals surface area contributed by atoms with E-state index in [1.165, 1.54) is 37.9 Å². The van der Waals surface area contributed by atoms with Crippen molar-refractivity contribution in [1.82, 2.24) is 9.55 Å². The lowest BCUT2D eigenvalue weighted by molar-refractivity contribution is 0.689. The fourth-order valence-electron chi connectivity index (χ4n) is 3.00. The highest BCUT2D eigenvalue weighted by Crippen LogP contribution is 2.38. The molecule has 2 heterocycles. The lowest BCUT2D eigenvalue weighted by Crippen LogP contribution is -2.04. The fourth-order valence-corrected chi connectivity index (χ4v) is 4.41. The van der Waals surface area contributed by atoms with Crippen molar-refractivity contribution >= 4 is 11.8 Å². The van der Waals surface area contributed by atoms with Gasteiger partial charge in [0.1, 0.15) is 0 Å². The van der Waals surface area contributed by atoms with Gasteiger partial charge in [0, 0.05) is 29.5 Å². The van der Waals surface area contributed by atoms with Gasteiger partial charge < -0.3 is 4.57 Å². The van der Waals surface area contributed by atoms with E-state index in [2.05, 4.69) is 80.6 Å². The number of benzene rings is 1. The minimum atomic E-state index is 0.505. The van der Waals surface area contributed by atoms with Crippen molar-refractivity contribution in [2.75, 3.05) is 0 Å². The Balaban J connectivity index is 2.05. The van der Waals surface area contributed by atoms with Crippen molar-refractivity contribution < 1.29 is 0 Å². The zero-order chi connectivity index (χ0) is 18.0. The van der Waals surface area contributed by atoms with E-state index in [1.54, 1.807) is 0 Å². The van der Waals surface area contributed by atoms with Crippen LogP contribution in [0.1, 0.15) is 47.7 Å². The summed E-state index contributed by atoms with van der Waals surface area (Å²) in [5, 5.41) is 1.36. The minimum Gasteiger partial charge on any atom is -0.335 e. The molecular weight excluding hydrogens is 324 g/mol. The molecule has 2 nitrogen and oxygen atoms in total. The van der Waals surface area contributed by atoms with Gasteiger partial charge in [-0.15, -0.1) is 0 Å². The number of aryl methyl sites for hydroxylation is 3. The third kappa shape index (κ3) is 3.98. The molecule has 0 saturated carbocycles. The highest BCUT2D eigenvalue weighted by Gasteiger charge is 2.17. The van der Waals surface area contributed by atoms with Crippen LogP contribution in [0.5, 0.6) is 0 Å². The Morgan fingerprint density at radius 2 is 1.72 bits per heavy atom. The molecule has 0 saturated heterocycles. The molecule has 0 atom stereocenters. The van der Waals surface area contributed by atoms with Crippen LogP contribution in [0.2, 0.25) is 0 Å². The lowest BCUT2D eigenvalue weighted by atomic mass is 10.1. The largest absolute Gasteiger partial charge is 0.335 e. The number of hydrogen-bond acceptors (Lipinski definition) is 2. The number of hydrogen-bond donors (Lipinski definition) is 0. The topological polar surface area (TPSA) is 17.8 Å². The molecule has 1 aromatic carbocycles. The summed E-state index contributed by atoms with van der Waals surface area (Å²) in [6, 6.07) is 13.2. The van der Waals surface area contributed by atoms with Crippen LogP contribution in [-0.2, 0) is 6.54 Å². The van der Waals surface area contributed by atoms with Gasteiger partial charge in [0.05, 0.1) is 5.03 Å². The number of rotatable bonds is 5. The standard InChI is InChI=1S/C22H26N2S/c1-15(2)20-13-18(5)24(14-19-8-10-23-11-9-19)22(20)25-21-12-16(3)6-7-17(21)4/h6-13,15H,14H2,1-5H3. The first-order valence-corrected chi connectivity index (χ1v) is 9.61. The van der Waals surface area contributed by atoms with E-state index in [4.69, 9.17) is 0 Å². The Hall–Kier alpha value is -2.00. The first kappa shape index (κ1) is 17.8. The Labute approximate surface area is 155 Å². The maximum atomic E-state index is 4.14. The molecular formula is C22H26N2S. The predicted molar refractivity (Wildman–Crippen MR) is 107 cm³/mol. The first-order chi connectivity index (χ1) is 12.0. The SMILES string of the molecule is Cc1ccc(C)c(Sc2c(C(C)C)cc(C)n2Cc2ccncc2)c1. The summed E-state index contributed by atoms with van der Waals surface area (Å²) < 4.78 is 2.44. The summed E-state index contributed by atoms with van der Waals surface area (Å²) in [4.78, 5) is 5.48. The van der Waals surface area contributed by atoms with E-state index in [0.717, 1.165) is 6.54 Å². The summed E-state index contributed by atoms with van der Waals surface area (Å²) in [7, 11) is 0. The van der Waals surface area contributed by atoms with Crippen molar-refractivity contribution in [3.05, 3.63) is 76.7 Å². The van der Waals surface area contributed by atoms with Crippen molar-refractivity contribution in [1.29, 1.82) is 0 Å². The molecule has 0 aliphatic heterocycles. The molecule has 0 N–H and O–H groups in total. The second-order valence-corrected chi connectivity index (χ2v) is 8.04. The summed E-state index contributed by atoms with van der Waals surface area (Å²) in [6.07, 6.45) is 3.74. The normalized spacial score (nSPS) is 11.3. The Bertz CT molecular complexity index is 863. The third-order valence-corrected chi connectivity index (χ3v) is 5.85. The van der Waals surface area contributed by atoms with Crippen LogP contribution in [0.4, 0.5) is 0 Å². The molecule has 3 aromatic rings. The smallest absolute Gasteiger partial charge is 0.0837 e. The van der Waals surface area contributed by atoms with Crippen molar-refractivity contribution in [3.63, 3.8) is 0 Å². The van der Waals surface area contributed by atoms with Crippen LogP contribution in [0.3, 0.4) is 0 Å². The molecule has 25 heavy (non-hydrogen) atoms. The molecule has 0 amide bonds. The van der Waals surface area contributed by atoms with Gasteiger partial charge in [-0.2, -0.15) is 0 Å². The molecule has 0 spiro atoms. The van der Waals surface area contributed by atoms with E-state index in [9.17, 15) is 0 Å². The first-order valence-electron chi connectivity index (χ1n) is 8.79. The van der Waals surface area contributed by atoms with Gasteiger partial charge in [-0.05, 0) is 73.2 Å². The summed E-state index contributed by atoms with van der Waals surface area (Å²) in [5.41, 5.74) is 6.67. The van der Waals surface area contributed by atoms with E-state index >= 15 is 0 Å². The second-order valence-electron chi connectivity index (χ2n) is 7.01. The van der Waals surface area contributed by atoms with E-state index in [0.29, 0.717) is 5.92 Å². The predicted octanol–water partition coefficient (Wildman–Crippen LogP) is 6.13. The monoisotopic (exact) mass is 350 g/mol. The van der Waals surface area contributed by atoms with Crippen LogP contribution < -0.4 is 0 Å². The summed E-state index contributed by atoms with van der Waals surface area (Å²) >= 11 is 1.90. The second kappa shape index (κ2) is 7.49. The lowest BCUT2D eigenvalue weighted by Gasteiger charge is -2.16. The maximum absolute atomic E-state index is 4.14. The van der Waals surface area contributed by atoms with Gasteiger partial charge in [0.15, 0.2) is 0 Å². The molecule has 2 aromatic heterocycles. The molecule has 3 rings (SSSR count). The molecule has 0 radical (unpaired) electrons. The van der Waals surface area contributed by atoms with Crippen molar-refractivity contribution in [2.24, 2.45) is 0 Å².